The van der Waals surface area contributed by atoms with Gasteiger partial charge in [-0.2, -0.15) is 0 Å². The van der Waals surface area contributed by atoms with Crippen LogP contribution in [0.4, 0.5) is 0 Å². The fourth-order valence-corrected chi connectivity index (χ4v) is 9.25. The number of nitrogens with one attached hydrogen (secondary N) is 1. The third-order valence-electron chi connectivity index (χ3n) is 12.2. The summed E-state index contributed by atoms with van der Waals surface area (Å²) in [5, 5.41) is 12.7. The van der Waals surface area contributed by atoms with E-state index in [0.29, 0.717) is 5.84 Å². The zero-order valence-corrected chi connectivity index (χ0v) is 32.7. The highest BCUT2D eigenvalue weighted by Gasteiger charge is 2.23. The highest BCUT2D eigenvalue weighted by molar-refractivity contribution is 6.16. The maximum absolute atomic E-state index is 6.58. The molecule has 61 heavy (non-hydrogen) atoms. The maximum Gasteiger partial charge on any atom is 0.159 e. The van der Waals surface area contributed by atoms with Crippen molar-refractivity contribution in [2.45, 2.75) is 6.17 Å². The summed E-state index contributed by atoms with van der Waals surface area (Å²) in [4.78, 5) is 10.4. The standard InChI is InChI=1S/C55H34N4O2/c1-2-12-40(13-3-1)59-47-16-8-6-14-41(47)42-24-20-36(30-48(42)59)35-23-27-50-46(29-35)45-26-22-39(32-52(45)61-50)55-57-53(37-19-18-33-10-4-5-11-34(33)28-37)56-54(58-55)38-21-25-44-43-15-7-9-17-49(43)60-51(44)31-38/h1-32,54H,(H,56,57,58). The van der Waals surface area contributed by atoms with Crippen LogP contribution in [0.15, 0.2) is 213 Å². The number of rotatable bonds is 5. The van der Waals surface area contributed by atoms with Crippen LogP contribution in [0.3, 0.4) is 0 Å². The molecule has 1 N–H and O–H groups in total. The third kappa shape index (κ3) is 5.43. The summed E-state index contributed by atoms with van der Waals surface area (Å²) < 4.78 is 15.2. The molecule has 1 aliphatic heterocycles. The first kappa shape index (κ1) is 33.7. The van der Waals surface area contributed by atoms with E-state index < -0.39 is 6.17 Å². The molecule has 0 saturated heterocycles. The van der Waals surface area contributed by atoms with Crippen molar-refractivity contribution in [3.63, 3.8) is 0 Å². The Morgan fingerprint density at radius 1 is 0.410 bits per heavy atom. The molecule has 0 saturated carbocycles. The van der Waals surface area contributed by atoms with Crippen LogP contribution < -0.4 is 5.32 Å². The van der Waals surface area contributed by atoms with E-state index in [2.05, 4.69) is 186 Å². The number of furan rings is 2. The third-order valence-corrected chi connectivity index (χ3v) is 12.2. The van der Waals surface area contributed by atoms with E-state index in [-0.39, 0.29) is 0 Å². The molecule has 286 valence electrons. The van der Waals surface area contributed by atoms with Crippen LogP contribution in [0, 0.1) is 0 Å². The highest BCUT2D eigenvalue weighted by Crippen LogP contribution is 2.38. The maximum atomic E-state index is 6.58. The molecule has 1 aliphatic rings. The molecule has 3 aromatic heterocycles. The monoisotopic (exact) mass is 782 g/mol. The van der Waals surface area contributed by atoms with Gasteiger partial charge in [-0.3, -0.25) is 0 Å². The summed E-state index contributed by atoms with van der Waals surface area (Å²) in [5.41, 5.74) is 12.0. The van der Waals surface area contributed by atoms with Gasteiger partial charge in [0.25, 0.3) is 0 Å². The van der Waals surface area contributed by atoms with Gasteiger partial charge >= 0.3 is 0 Å². The van der Waals surface area contributed by atoms with Gasteiger partial charge in [-0.15, -0.1) is 0 Å². The van der Waals surface area contributed by atoms with Crippen LogP contribution in [0.2, 0.25) is 0 Å². The summed E-state index contributed by atoms with van der Waals surface area (Å²) in [5.74, 6) is 1.38. The number of fused-ring (bicyclic) bond motifs is 10. The number of para-hydroxylation sites is 3. The van der Waals surface area contributed by atoms with E-state index in [4.69, 9.17) is 18.8 Å². The molecule has 13 rings (SSSR count). The molecule has 6 nitrogen and oxygen atoms in total. The second kappa shape index (κ2) is 13.1. The normalized spacial score (nSPS) is 14.4. The average molecular weight is 783 g/mol. The van der Waals surface area contributed by atoms with Crippen molar-refractivity contribution in [3.8, 4) is 16.8 Å². The van der Waals surface area contributed by atoms with Crippen LogP contribution in [0.5, 0.6) is 0 Å². The highest BCUT2D eigenvalue weighted by atomic mass is 16.3. The molecule has 0 fully saturated rings. The lowest BCUT2D eigenvalue weighted by Crippen LogP contribution is -2.33. The van der Waals surface area contributed by atoms with E-state index >= 15 is 0 Å². The van der Waals surface area contributed by atoms with Crippen molar-refractivity contribution in [2.24, 2.45) is 9.98 Å². The second-order valence-corrected chi connectivity index (χ2v) is 15.8. The SMILES string of the molecule is c1ccc(-n2c3ccccc3c3ccc(-c4ccc5oc6cc(C7=NC(c8ccc9ccccc9c8)=NC(c8ccc9c(c8)oc8ccccc89)N7)ccc6c5c4)cc32)cc1. The topological polar surface area (TPSA) is 68.0 Å². The first-order valence-corrected chi connectivity index (χ1v) is 20.6. The van der Waals surface area contributed by atoms with Crippen LogP contribution in [-0.2, 0) is 0 Å². The van der Waals surface area contributed by atoms with Crippen LogP contribution in [-0.4, -0.2) is 16.2 Å². The predicted molar refractivity (Wildman–Crippen MR) is 250 cm³/mol. The number of nitrogens with zero attached hydrogens (tertiary/aromatic N) is 3. The number of aromatic nitrogens is 1. The Morgan fingerprint density at radius 2 is 1.05 bits per heavy atom. The summed E-state index contributed by atoms with van der Waals surface area (Å²) in [7, 11) is 0. The Kier molecular flexibility index (Phi) is 7.27. The summed E-state index contributed by atoms with van der Waals surface area (Å²) in [6, 6.07) is 68.2. The molecular formula is C55H34N4O2. The van der Waals surface area contributed by atoms with E-state index in [1.807, 2.05) is 18.2 Å². The Balaban J connectivity index is 0.902. The fourth-order valence-electron chi connectivity index (χ4n) is 9.25. The van der Waals surface area contributed by atoms with Gasteiger partial charge in [0.15, 0.2) is 5.84 Å². The minimum atomic E-state index is -0.404. The zero-order valence-electron chi connectivity index (χ0n) is 32.7. The largest absolute Gasteiger partial charge is 0.456 e. The lowest BCUT2D eigenvalue weighted by Gasteiger charge is -2.23. The van der Waals surface area contributed by atoms with Crippen molar-refractivity contribution < 1.29 is 8.83 Å². The van der Waals surface area contributed by atoms with Crippen LogP contribution in [0.1, 0.15) is 22.9 Å². The minimum Gasteiger partial charge on any atom is -0.456 e. The van der Waals surface area contributed by atoms with Crippen LogP contribution >= 0.6 is 0 Å². The van der Waals surface area contributed by atoms with Crippen molar-refractivity contribution in [3.05, 3.63) is 211 Å². The smallest absolute Gasteiger partial charge is 0.159 e. The Labute approximate surface area is 349 Å². The molecule has 0 aliphatic carbocycles. The van der Waals surface area contributed by atoms with Gasteiger partial charge < -0.3 is 18.7 Å². The minimum absolute atomic E-state index is 0.404. The molecule has 0 radical (unpaired) electrons. The number of benzene rings is 9. The van der Waals surface area contributed by atoms with Gasteiger partial charge in [0.05, 0.1) is 11.0 Å². The lowest BCUT2D eigenvalue weighted by atomic mass is 10.0. The van der Waals surface area contributed by atoms with E-state index in [1.165, 1.54) is 27.2 Å². The first-order valence-electron chi connectivity index (χ1n) is 20.6. The van der Waals surface area contributed by atoms with Crippen molar-refractivity contribution >= 4 is 88.1 Å². The molecular weight excluding hydrogens is 749 g/mol. The van der Waals surface area contributed by atoms with Gasteiger partial charge in [-0.25, -0.2) is 9.98 Å². The Hall–Kier alpha value is -8.22. The number of hydrogen-bond donors (Lipinski definition) is 1. The van der Waals surface area contributed by atoms with E-state index in [9.17, 15) is 0 Å². The number of aliphatic imine (C=N–C) groups is 2. The van der Waals surface area contributed by atoms with Crippen molar-refractivity contribution in [1.29, 1.82) is 0 Å². The van der Waals surface area contributed by atoms with Gasteiger partial charge in [0.1, 0.15) is 34.3 Å². The van der Waals surface area contributed by atoms with Gasteiger partial charge in [-0.1, -0.05) is 127 Å². The number of hydrogen-bond acceptors (Lipinski definition) is 5. The molecule has 0 bridgehead atoms. The van der Waals surface area contributed by atoms with Gasteiger partial charge in [-0.05, 0) is 88.6 Å². The zero-order chi connectivity index (χ0) is 40.0. The van der Waals surface area contributed by atoms with Gasteiger partial charge in [0.2, 0.25) is 0 Å². The first-order chi connectivity index (χ1) is 30.2. The molecule has 1 unspecified atom stereocenters. The molecule has 0 amide bonds. The van der Waals surface area contributed by atoms with Crippen LogP contribution in [0.25, 0.3) is 93.3 Å². The Bertz CT molecular complexity index is 3810. The average Bonchev–Trinajstić information content (AvgIpc) is 4.00. The van der Waals surface area contributed by atoms with Gasteiger partial charge in [0, 0.05) is 54.7 Å². The van der Waals surface area contributed by atoms with Crippen molar-refractivity contribution in [2.75, 3.05) is 0 Å². The van der Waals surface area contributed by atoms with E-state index in [1.54, 1.807) is 0 Å². The predicted octanol–water partition coefficient (Wildman–Crippen LogP) is 13.9. The summed E-state index contributed by atoms with van der Waals surface area (Å²) >= 11 is 0. The molecule has 0 spiro atoms. The Morgan fingerprint density at radius 3 is 1.97 bits per heavy atom. The summed E-state index contributed by atoms with van der Waals surface area (Å²) in [6.07, 6.45) is -0.404. The number of amidine groups is 2. The lowest BCUT2D eigenvalue weighted by molar-refractivity contribution is 0.654. The molecule has 1 atom stereocenters. The van der Waals surface area contributed by atoms with Crippen molar-refractivity contribution in [1.82, 2.24) is 9.88 Å². The quantitative estimate of drug-likeness (QED) is 0.189. The fraction of sp³-hybridized carbons (Fsp3) is 0.0182. The summed E-state index contributed by atoms with van der Waals surface area (Å²) in [6.45, 7) is 0. The second-order valence-electron chi connectivity index (χ2n) is 15.8. The van der Waals surface area contributed by atoms with E-state index in [0.717, 1.165) is 88.6 Å². The molecule has 12 aromatic rings. The molecule has 4 heterocycles. The molecule has 9 aromatic carbocycles. The molecule has 6 heteroatoms.